The Hall–Kier alpha value is -1.91. The largest absolute Gasteiger partial charge is 0.349 e. The molecule has 1 aliphatic carbocycles. The number of carbonyl (C=O) groups excluding carboxylic acids is 1. The smallest absolute Gasteiger partial charge is 0.256 e. The van der Waals surface area contributed by atoms with E-state index in [2.05, 4.69) is 22.3 Å². The Balaban J connectivity index is 1.82. The van der Waals surface area contributed by atoms with Crippen LogP contribution in [0.4, 0.5) is 0 Å². The van der Waals surface area contributed by atoms with Gasteiger partial charge in [0.15, 0.2) is 5.65 Å². The molecule has 0 aromatic carbocycles. The second-order valence-corrected chi connectivity index (χ2v) is 6.26. The van der Waals surface area contributed by atoms with Crippen LogP contribution in [0.25, 0.3) is 5.65 Å². The van der Waals surface area contributed by atoms with Crippen molar-refractivity contribution in [3.8, 4) is 0 Å². The molecule has 0 bridgehead atoms. The molecule has 0 spiro atoms. The zero-order chi connectivity index (χ0) is 15.0. The van der Waals surface area contributed by atoms with Gasteiger partial charge >= 0.3 is 0 Å². The van der Waals surface area contributed by atoms with Gasteiger partial charge in [-0.25, -0.2) is 9.50 Å². The second-order valence-electron chi connectivity index (χ2n) is 6.26. The highest BCUT2D eigenvalue weighted by Crippen LogP contribution is 2.24. The van der Waals surface area contributed by atoms with E-state index in [0.717, 1.165) is 30.1 Å². The highest BCUT2D eigenvalue weighted by atomic mass is 16.1. The summed E-state index contributed by atoms with van der Waals surface area (Å²) in [5.41, 5.74) is 3.11. The predicted molar refractivity (Wildman–Crippen MR) is 81.3 cm³/mol. The highest BCUT2D eigenvalue weighted by molar-refractivity contribution is 5.99. The molecule has 1 amide bonds. The van der Waals surface area contributed by atoms with E-state index in [-0.39, 0.29) is 11.9 Å². The number of hydrogen-bond acceptors (Lipinski definition) is 3. The molecule has 0 aliphatic heterocycles. The van der Waals surface area contributed by atoms with Crippen LogP contribution >= 0.6 is 0 Å². The average molecular weight is 286 g/mol. The Kier molecular flexibility index (Phi) is 3.66. The van der Waals surface area contributed by atoms with Crippen LogP contribution in [0.5, 0.6) is 0 Å². The number of nitrogens with one attached hydrogen (secondary N) is 1. The number of aryl methyl sites for hydroxylation is 2. The molecule has 21 heavy (non-hydrogen) atoms. The number of carbonyl (C=O) groups is 1. The van der Waals surface area contributed by atoms with Crippen LogP contribution in [0.2, 0.25) is 0 Å². The summed E-state index contributed by atoms with van der Waals surface area (Å²) in [7, 11) is 0. The lowest BCUT2D eigenvalue weighted by Crippen LogP contribution is -2.37. The van der Waals surface area contributed by atoms with Gasteiger partial charge in [0.2, 0.25) is 0 Å². The average Bonchev–Trinajstić information content (AvgIpc) is 2.85. The molecule has 1 N–H and O–H groups in total. The predicted octanol–water partition coefficient (Wildman–Crippen LogP) is 2.65. The molecule has 1 saturated carbocycles. The monoisotopic (exact) mass is 286 g/mol. The summed E-state index contributed by atoms with van der Waals surface area (Å²) >= 11 is 0. The number of rotatable bonds is 2. The third-order valence-corrected chi connectivity index (χ3v) is 4.37. The molecule has 0 radical (unpaired) electrons. The van der Waals surface area contributed by atoms with Gasteiger partial charge in [-0.1, -0.05) is 6.92 Å². The molecule has 2 aromatic heterocycles. The molecule has 1 aliphatic rings. The van der Waals surface area contributed by atoms with Crippen LogP contribution in [0, 0.1) is 19.8 Å². The first-order valence-electron chi connectivity index (χ1n) is 7.67. The normalized spacial score (nSPS) is 22.4. The molecule has 1 fully saturated rings. The maximum absolute atomic E-state index is 12.5. The summed E-state index contributed by atoms with van der Waals surface area (Å²) in [6, 6.07) is 2.25. The van der Waals surface area contributed by atoms with E-state index in [1.54, 1.807) is 10.7 Å². The van der Waals surface area contributed by atoms with Crippen molar-refractivity contribution >= 4 is 11.6 Å². The van der Waals surface area contributed by atoms with Gasteiger partial charge in [0, 0.05) is 17.4 Å². The van der Waals surface area contributed by atoms with Crippen molar-refractivity contribution in [1.29, 1.82) is 0 Å². The second kappa shape index (κ2) is 5.47. The fourth-order valence-electron chi connectivity index (χ4n) is 3.10. The van der Waals surface area contributed by atoms with Gasteiger partial charge in [-0.15, -0.1) is 0 Å². The minimum Gasteiger partial charge on any atom is -0.349 e. The third-order valence-electron chi connectivity index (χ3n) is 4.37. The number of fused-ring (bicyclic) bond motifs is 1. The Morgan fingerprint density at radius 2 is 2.00 bits per heavy atom. The summed E-state index contributed by atoms with van der Waals surface area (Å²) in [5.74, 6) is 0.726. The van der Waals surface area contributed by atoms with Crippen molar-refractivity contribution in [3.05, 3.63) is 29.2 Å². The minimum atomic E-state index is -0.0537. The first-order valence-corrected chi connectivity index (χ1v) is 7.67. The first kappa shape index (κ1) is 14.0. The van der Waals surface area contributed by atoms with E-state index >= 15 is 0 Å². The Bertz CT molecular complexity index is 668. The van der Waals surface area contributed by atoms with Crippen LogP contribution in [0.15, 0.2) is 12.3 Å². The minimum absolute atomic E-state index is 0.0537. The van der Waals surface area contributed by atoms with Gasteiger partial charge in [0.1, 0.15) is 5.56 Å². The number of aromatic nitrogens is 3. The molecule has 3 rings (SSSR count). The zero-order valence-electron chi connectivity index (χ0n) is 12.9. The molecule has 2 aromatic rings. The van der Waals surface area contributed by atoms with Crippen molar-refractivity contribution in [2.45, 2.75) is 52.5 Å². The summed E-state index contributed by atoms with van der Waals surface area (Å²) < 4.78 is 1.73. The molecular formula is C16H22N4O. The zero-order valence-corrected chi connectivity index (χ0v) is 12.9. The summed E-state index contributed by atoms with van der Waals surface area (Å²) in [6.07, 6.45) is 6.14. The van der Waals surface area contributed by atoms with Crippen LogP contribution < -0.4 is 5.32 Å². The van der Waals surface area contributed by atoms with E-state index in [9.17, 15) is 4.79 Å². The Morgan fingerprint density at radius 3 is 2.71 bits per heavy atom. The number of nitrogens with zero attached hydrogens (tertiary/aromatic N) is 3. The molecule has 0 unspecified atom stereocenters. The lowest BCUT2D eigenvalue weighted by Gasteiger charge is -2.26. The molecular weight excluding hydrogens is 264 g/mol. The maximum Gasteiger partial charge on any atom is 0.256 e. The van der Waals surface area contributed by atoms with E-state index in [1.807, 2.05) is 19.9 Å². The van der Waals surface area contributed by atoms with E-state index in [0.29, 0.717) is 11.2 Å². The Morgan fingerprint density at radius 1 is 1.29 bits per heavy atom. The van der Waals surface area contributed by atoms with E-state index in [4.69, 9.17) is 0 Å². The van der Waals surface area contributed by atoms with Gasteiger partial charge in [-0.2, -0.15) is 5.10 Å². The van der Waals surface area contributed by atoms with E-state index in [1.165, 1.54) is 12.8 Å². The van der Waals surface area contributed by atoms with Crippen molar-refractivity contribution < 1.29 is 4.79 Å². The molecule has 112 valence electrons. The Labute approximate surface area is 124 Å². The summed E-state index contributed by atoms with van der Waals surface area (Å²) in [5, 5.41) is 7.42. The van der Waals surface area contributed by atoms with Gasteiger partial charge < -0.3 is 5.32 Å². The number of hydrogen-bond donors (Lipinski definition) is 1. The third kappa shape index (κ3) is 2.77. The summed E-state index contributed by atoms with van der Waals surface area (Å²) in [6.45, 7) is 6.18. The van der Waals surface area contributed by atoms with Gasteiger partial charge in [-0.05, 0) is 51.5 Å². The van der Waals surface area contributed by atoms with Crippen molar-refractivity contribution in [3.63, 3.8) is 0 Å². The maximum atomic E-state index is 12.5. The highest BCUT2D eigenvalue weighted by Gasteiger charge is 2.22. The standard InChI is InChI=1S/C16H22N4O/c1-10-4-6-13(7-5-10)19-16(21)14-9-17-20-12(3)8-11(2)18-15(14)20/h8-10,13H,4-7H2,1-3H3,(H,19,21). The van der Waals surface area contributed by atoms with E-state index < -0.39 is 0 Å². The molecule has 5 heteroatoms. The van der Waals surface area contributed by atoms with Crippen molar-refractivity contribution in [1.82, 2.24) is 19.9 Å². The number of amides is 1. The van der Waals surface area contributed by atoms with Gasteiger partial charge in [0.05, 0.1) is 6.20 Å². The quantitative estimate of drug-likeness (QED) is 0.923. The van der Waals surface area contributed by atoms with Crippen molar-refractivity contribution in [2.75, 3.05) is 0 Å². The summed E-state index contributed by atoms with van der Waals surface area (Å²) in [4.78, 5) is 16.9. The SMILES string of the molecule is Cc1cc(C)n2ncc(C(=O)NC3CCC(C)CC3)c2n1. The lowest BCUT2D eigenvalue weighted by atomic mass is 9.87. The van der Waals surface area contributed by atoms with Crippen LogP contribution in [-0.4, -0.2) is 26.5 Å². The van der Waals surface area contributed by atoms with Gasteiger partial charge in [-0.3, -0.25) is 4.79 Å². The van der Waals surface area contributed by atoms with Crippen molar-refractivity contribution in [2.24, 2.45) is 5.92 Å². The topological polar surface area (TPSA) is 59.3 Å². The molecule has 2 heterocycles. The fraction of sp³-hybridized carbons (Fsp3) is 0.562. The fourth-order valence-corrected chi connectivity index (χ4v) is 3.10. The van der Waals surface area contributed by atoms with Crippen LogP contribution in [0.1, 0.15) is 54.4 Å². The molecule has 0 saturated heterocycles. The van der Waals surface area contributed by atoms with Gasteiger partial charge in [0.25, 0.3) is 5.91 Å². The molecule has 0 atom stereocenters. The lowest BCUT2D eigenvalue weighted by molar-refractivity contribution is 0.0924. The molecule has 5 nitrogen and oxygen atoms in total. The first-order chi connectivity index (χ1) is 10.0. The van der Waals surface area contributed by atoms with Crippen LogP contribution in [-0.2, 0) is 0 Å². The van der Waals surface area contributed by atoms with Crippen LogP contribution in [0.3, 0.4) is 0 Å².